The highest BCUT2D eigenvalue weighted by atomic mass is 32.1. The van der Waals surface area contributed by atoms with Gasteiger partial charge in [0.05, 0.1) is 37.1 Å². The first-order chi connectivity index (χ1) is 15.2. The molecule has 0 spiro atoms. The Balaban J connectivity index is 1.64. The maximum absolute atomic E-state index is 13.4. The summed E-state index contributed by atoms with van der Waals surface area (Å²) in [5, 5.41) is 0.626. The lowest BCUT2D eigenvalue weighted by Crippen LogP contribution is -2.32. The second-order valence-electron chi connectivity index (χ2n) is 6.86. The van der Waals surface area contributed by atoms with Crippen molar-refractivity contribution in [3.63, 3.8) is 0 Å². The standard InChI is InChI=1S/C24H23N3O3S/c1-3-30-19-12-10-17(11-13-19)15-22(28)27(16-18-7-4-5-14-25-18)24-26-23-20(29-2)8-6-9-21(23)31-24/h4-14H,3,15-16H2,1-2H3. The Morgan fingerprint density at radius 1 is 1.06 bits per heavy atom. The van der Waals surface area contributed by atoms with Crippen molar-refractivity contribution in [2.45, 2.75) is 19.9 Å². The number of carbonyl (C=O) groups is 1. The Kier molecular flexibility index (Phi) is 6.43. The van der Waals surface area contributed by atoms with Gasteiger partial charge < -0.3 is 9.47 Å². The Labute approximate surface area is 185 Å². The normalized spacial score (nSPS) is 10.8. The molecule has 0 fully saturated rings. The summed E-state index contributed by atoms with van der Waals surface area (Å²) in [6.07, 6.45) is 1.98. The molecule has 2 heterocycles. The number of carbonyl (C=O) groups excluding carboxylic acids is 1. The topological polar surface area (TPSA) is 64.5 Å². The third-order valence-corrected chi connectivity index (χ3v) is 5.80. The molecule has 2 aromatic heterocycles. The molecule has 0 bridgehead atoms. The van der Waals surface area contributed by atoms with Gasteiger partial charge in [-0.05, 0) is 48.9 Å². The minimum absolute atomic E-state index is 0.0483. The summed E-state index contributed by atoms with van der Waals surface area (Å²) < 4.78 is 11.9. The minimum atomic E-state index is -0.0483. The molecule has 4 aromatic rings. The van der Waals surface area contributed by atoms with E-state index in [0.717, 1.165) is 27.2 Å². The summed E-state index contributed by atoms with van der Waals surface area (Å²) in [6.45, 7) is 2.90. The number of benzene rings is 2. The van der Waals surface area contributed by atoms with E-state index in [1.807, 2.05) is 67.6 Å². The molecule has 2 aromatic carbocycles. The Morgan fingerprint density at radius 3 is 2.61 bits per heavy atom. The van der Waals surface area contributed by atoms with Gasteiger partial charge in [-0.3, -0.25) is 14.7 Å². The van der Waals surface area contributed by atoms with E-state index in [-0.39, 0.29) is 12.3 Å². The van der Waals surface area contributed by atoms with Crippen molar-refractivity contribution >= 4 is 32.6 Å². The number of fused-ring (bicyclic) bond motifs is 1. The number of ether oxygens (including phenoxy) is 2. The van der Waals surface area contributed by atoms with Crippen molar-refractivity contribution < 1.29 is 14.3 Å². The van der Waals surface area contributed by atoms with Crippen molar-refractivity contribution in [3.8, 4) is 11.5 Å². The van der Waals surface area contributed by atoms with Crippen LogP contribution in [0.1, 0.15) is 18.2 Å². The molecule has 0 radical (unpaired) electrons. The van der Waals surface area contributed by atoms with Crippen LogP contribution in [0.15, 0.2) is 66.9 Å². The van der Waals surface area contributed by atoms with E-state index in [9.17, 15) is 4.79 Å². The van der Waals surface area contributed by atoms with E-state index in [2.05, 4.69) is 4.98 Å². The Bertz CT molecular complexity index is 1160. The Morgan fingerprint density at radius 2 is 1.90 bits per heavy atom. The molecule has 0 aliphatic rings. The lowest BCUT2D eigenvalue weighted by Gasteiger charge is -2.19. The van der Waals surface area contributed by atoms with Crippen LogP contribution in [0.2, 0.25) is 0 Å². The predicted molar refractivity (Wildman–Crippen MR) is 123 cm³/mol. The Hall–Kier alpha value is -3.45. The fourth-order valence-electron chi connectivity index (χ4n) is 3.25. The third-order valence-electron chi connectivity index (χ3n) is 4.76. The predicted octanol–water partition coefficient (Wildman–Crippen LogP) is 4.87. The smallest absolute Gasteiger partial charge is 0.233 e. The molecule has 6 nitrogen and oxygen atoms in total. The summed E-state index contributed by atoms with van der Waals surface area (Å²) in [5.74, 6) is 1.44. The van der Waals surface area contributed by atoms with Crippen molar-refractivity contribution in [2.75, 3.05) is 18.6 Å². The van der Waals surface area contributed by atoms with Gasteiger partial charge in [0, 0.05) is 6.20 Å². The molecule has 0 unspecified atom stereocenters. The van der Waals surface area contributed by atoms with Crippen LogP contribution in [-0.2, 0) is 17.8 Å². The maximum atomic E-state index is 13.4. The lowest BCUT2D eigenvalue weighted by molar-refractivity contribution is -0.118. The molecule has 7 heteroatoms. The lowest BCUT2D eigenvalue weighted by atomic mass is 10.1. The molecule has 0 saturated carbocycles. The number of amides is 1. The van der Waals surface area contributed by atoms with Gasteiger partial charge in [0.25, 0.3) is 0 Å². The largest absolute Gasteiger partial charge is 0.494 e. The fraction of sp³-hybridized carbons (Fsp3) is 0.208. The highest BCUT2D eigenvalue weighted by Crippen LogP contribution is 2.34. The molecule has 0 atom stereocenters. The van der Waals surface area contributed by atoms with Gasteiger partial charge in [0.1, 0.15) is 17.0 Å². The van der Waals surface area contributed by atoms with Crippen LogP contribution < -0.4 is 14.4 Å². The van der Waals surface area contributed by atoms with E-state index in [1.165, 1.54) is 11.3 Å². The number of aromatic nitrogens is 2. The molecule has 4 rings (SSSR count). The third kappa shape index (κ3) is 4.83. The number of rotatable bonds is 8. The summed E-state index contributed by atoms with van der Waals surface area (Å²) in [4.78, 5) is 24.2. The zero-order chi connectivity index (χ0) is 21.6. The quantitative estimate of drug-likeness (QED) is 0.396. The number of hydrogen-bond donors (Lipinski definition) is 0. The second kappa shape index (κ2) is 9.57. The minimum Gasteiger partial charge on any atom is -0.494 e. The second-order valence-corrected chi connectivity index (χ2v) is 7.87. The number of anilines is 1. The highest BCUT2D eigenvalue weighted by molar-refractivity contribution is 7.22. The monoisotopic (exact) mass is 433 g/mol. The van der Waals surface area contributed by atoms with Crippen molar-refractivity contribution in [2.24, 2.45) is 0 Å². The van der Waals surface area contributed by atoms with Crippen LogP contribution in [-0.4, -0.2) is 29.6 Å². The molecule has 0 saturated heterocycles. The van der Waals surface area contributed by atoms with Crippen molar-refractivity contribution in [1.29, 1.82) is 0 Å². The highest BCUT2D eigenvalue weighted by Gasteiger charge is 2.22. The average Bonchev–Trinajstić information content (AvgIpc) is 3.23. The average molecular weight is 434 g/mol. The molecule has 0 aliphatic carbocycles. The van der Waals surface area contributed by atoms with E-state index in [1.54, 1.807) is 18.2 Å². The van der Waals surface area contributed by atoms with Crippen molar-refractivity contribution in [1.82, 2.24) is 9.97 Å². The molecule has 31 heavy (non-hydrogen) atoms. The fourth-order valence-corrected chi connectivity index (χ4v) is 4.25. The first kappa shape index (κ1) is 20.8. The number of para-hydroxylation sites is 1. The first-order valence-electron chi connectivity index (χ1n) is 10.0. The molecular weight excluding hydrogens is 410 g/mol. The number of thiazole rings is 1. The summed E-state index contributed by atoms with van der Waals surface area (Å²) >= 11 is 1.47. The van der Waals surface area contributed by atoms with Crippen LogP contribution in [0, 0.1) is 0 Å². The van der Waals surface area contributed by atoms with E-state index < -0.39 is 0 Å². The number of methoxy groups -OCH3 is 1. The van der Waals surface area contributed by atoms with Gasteiger partial charge in [0.15, 0.2) is 5.13 Å². The molecular formula is C24H23N3O3S. The van der Waals surface area contributed by atoms with Crippen molar-refractivity contribution in [3.05, 3.63) is 78.1 Å². The van der Waals surface area contributed by atoms with Crippen LogP contribution in [0.5, 0.6) is 11.5 Å². The van der Waals surface area contributed by atoms with Crippen LogP contribution in [0.25, 0.3) is 10.2 Å². The van der Waals surface area contributed by atoms with Gasteiger partial charge in [-0.1, -0.05) is 35.6 Å². The van der Waals surface area contributed by atoms with E-state index in [0.29, 0.717) is 24.0 Å². The van der Waals surface area contributed by atoms with Gasteiger partial charge in [-0.2, -0.15) is 0 Å². The molecule has 158 valence electrons. The van der Waals surface area contributed by atoms with Crippen LogP contribution >= 0.6 is 11.3 Å². The molecule has 0 aliphatic heterocycles. The maximum Gasteiger partial charge on any atom is 0.233 e. The molecule has 0 N–H and O–H groups in total. The van der Waals surface area contributed by atoms with E-state index in [4.69, 9.17) is 14.5 Å². The first-order valence-corrected chi connectivity index (χ1v) is 10.8. The number of nitrogens with zero attached hydrogens (tertiary/aromatic N) is 3. The SMILES string of the molecule is CCOc1ccc(CC(=O)N(Cc2ccccn2)c2nc3c(OC)cccc3s2)cc1. The summed E-state index contributed by atoms with van der Waals surface area (Å²) in [5.41, 5.74) is 2.47. The summed E-state index contributed by atoms with van der Waals surface area (Å²) in [6, 6.07) is 19.1. The van der Waals surface area contributed by atoms with Gasteiger partial charge in [0.2, 0.25) is 5.91 Å². The number of hydrogen-bond acceptors (Lipinski definition) is 6. The molecule has 1 amide bonds. The summed E-state index contributed by atoms with van der Waals surface area (Å²) in [7, 11) is 1.62. The number of pyridine rings is 1. The van der Waals surface area contributed by atoms with Gasteiger partial charge in [-0.15, -0.1) is 0 Å². The van der Waals surface area contributed by atoms with Gasteiger partial charge >= 0.3 is 0 Å². The van der Waals surface area contributed by atoms with Crippen LogP contribution in [0.4, 0.5) is 5.13 Å². The van der Waals surface area contributed by atoms with Crippen LogP contribution in [0.3, 0.4) is 0 Å². The zero-order valence-corrected chi connectivity index (χ0v) is 18.3. The van der Waals surface area contributed by atoms with Gasteiger partial charge in [-0.25, -0.2) is 4.98 Å². The zero-order valence-electron chi connectivity index (χ0n) is 17.4. The van der Waals surface area contributed by atoms with E-state index >= 15 is 0 Å².